The molecule has 0 aromatic heterocycles. The zero-order valence-electron chi connectivity index (χ0n) is 11.8. The van der Waals surface area contributed by atoms with Crippen molar-refractivity contribution in [1.29, 1.82) is 0 Å². The molecule has 0 spiro atoms. The van der Waals surface area contributed by atoms with E-state index in [1.54, 1.807) is 0 Å². The molecule has 0 aliphatic carbocycles. The number of benzene rings is 1. The zero-order valence-corrected chi connectivity index (χ0v) is 12.6. The van der Waals surface area contributed by atoms with Crippen molar-refractivity contribution >= 4 is 10.1 Å². The van der Waals surface area contributed by atoms with Gasteiger partial charge >= 0.3 is 0 Å². The van der Waals surface area contributed by atoms with Crippen LogP contribution in [0.15, 0.2) is 35.4 Å². The lowest BCUT2D eigenvalue weighted by Crippen LogP contribution is -2.27. The molecule has 2 rings (SSSR count). The first-order chi connectivity index (χ1) is 9.98. The van der Waals surface area contributed by atoms with Crippen LogP contribution < -0.4 is 0 Å². The topological polar surface area (TPSA) is 95.4 Å². The fourth-order valence-corrected chi connectivity index (χ4v) is 3.22. The number of likely N-dealkylation sites (tertiary alicyclic amines) is 1. The van der Waals surface area contributed by atoms with Crippen molar-refractivity contribution in [2.75, 3.05) is 25.9 Å². The van der Waals surface area contributed by atoms with Gasteiger partial charge in [-0.15, -0.1) is 0 Å². The molecule has 0 N–H and O–H groups in total. The van der Waals surface area contributed by atoms with Crippen LogP contribution in [-0.2, 0) is 20.8 Å². The first-order valence-electron chi connectivity index (χ1n) is 6.63. The van der Waals surface area contributed by atoms with E-state index in [-0.39, 0.29) is 12.5 Å². The molecule has 1 aliphatic rings. The molecule has 1 aliphatic heterocycles. The summed E-state index contributed by atoms with van der Waals surface area (Å²) >= 11 is 0. The first-order valence-corrected chi connectivity index (χ1v) is 8.45. The normalized spacial score (nSPS) is 22.9. The van der Waals surface area contributed by atoms with E-state index >= 15 is 0 Å². The number of nitrogens with zero attached hydrogens (tertiary/aromatic N) is 4. The van der Waals surface area contributed by atoms with Gasteiger partial charge in [-0.3, -0.25) is 9.08 Å². The summed E-state index contributed by atoms with van der Waals surface area (Å²) in [5.41, 5.74) is 9.59. The third-order valence-corrected chi connectivity index (χ3v) is 3.98. The number of hydrogen-bond donors (Lipinski definition) is 0. The quantitative estimate of drug-likeness (QED) is 0.346. The Hall–Kier alpha value is -1.60. The molecule has 1 aromatic carbocycles. The molecule has 0 amide bonds. The molecule has 1 aromatic rings. The first kappa shape index (κ1) is 15.8. The second-order valence-corrected chi connectivity index (χ2v) is 6.79. The Bertz CT molecular complexity index is 614. The van der Waals surface area contributed by atoms with E-state index in [9.17, 15) is 8.42 Å². The lowest BCUT2D eigenvalue weighted by atomic mass is 10.1. The third-order valence-electron chi connectivity index (χ3n) is 3.38. The molecular weight excluding hydrogens is 292 g/mol. The highest BCUT2D eigenvalue weighted by Gasteiger charge is 2.35. The summed E-state index contributed by atoms with van der Waals surface area (Å²) in [5.74, 6) is -0.112. The van der Waals surface area contributed by atoms with Crippen molar-refractivity contribution in [2.45, 2.75) is 12.6 Å². The fourth-order valence-electron chi connectivity index (χ4n) is 2.55. The molecule has 0 bridgehead atoms. The molecule has 0 radical (unpaired) electrons. The Morgan fingerprint density at radius 3 is 2.71 bits per heavy atom. The van der Waals surface area contributed by atoms with Crippen molar-refractivity contribution in [3.05, 3.63) is 46.3 Å². The highest BCUT2D eigenvalue weighted by atomic mass is 32.2. The minimum atomic E-state index is -3.52. The average molecular weight is 310 g/mol. The third kappa shape index (κ3) is 5.02. The van der Waals surface area contributed by atoms with Gasteiger partial charge in [-0.05, 0) is 11.1 Å². The van der Waals surface area contributed by atoms with E-state index in [0.717, 1.165) is 18.4 Å². The van der Waals surface area contributed by atoms with Gasteiger partial charge in [-0.1, -0.05) is 35.4 Å². The molecule has 0 saturated carbocycles. The Morgan fingerprint density at radius 1 is 1.38 bits per heavy atom. The number of azide groups is 1. The van der Waals surface area contributed by atoms with Crippen LogP contribution in [0.3, 0.4) is 0 Å². The summed E-state index contributed by atoms with van der Waals surface area (Å²) in [6.07, 6.45) is 0.575. The van der Waals surface area contributed by atoms with Crippen LogP contribution in [0.2, 0.25) is 0 Å². The maximum absolute atomic E-state index is 11.3. The Morgan fingerprint density at radius 2 is 2.10 bits per heavy atom. The number of hydrogen-bond acceptors (Lipinski definition) is 5. The average Bonchev–Trinajstić information content (AvgIpc) is 2.77. The summed E-state index contributed by atoms with van der Waals surface area (Å²) in [6, 6.07) is 9.93. The Kier molecular flexibility index (Phi) is 5.19. The lowest BCUT2D eigenvalue weighted by Gasteiger charge is -2.15. The summed E-state index contributed by atoms with van der Waals surface area (Å²) in [6.45, 7) is 2.11. The molecule has 1 fully saturated rings. The van der Waals surface area contributed by atoms with Gasteiger partial charge in [0.15, 0.2) is 0 Å². The highest BCUT2D eigenvalue weighted by molar-refractivity contribution is 7.86. The Labute approximate surface area is 124 Å². The number of rotatable bonds is 6. The van der Waals surface area contributed by atoms with Gasteiger partial charge in [-0.25, -0.2) is 0 Å². The summed E-state index contributed by atoms with van der Waals surface area (Å²) in [4.78, 5) is 4.85. The maximum atomic E-state index is 11.3. The zero-order chi connectivity index (χ0) is 15.3. The van der Waals surface area contributed by atoms with Crippen molar-refractivity contribution in [3.63, 3.8) is 0 Å². The van der Waals surface area contributed by atoms with Crippen LogP contribution in [-0.4, -0.2) is 45.3 Å². The fraction of sp³-hybridized carbons (Fsp3) is 0.538. The van der Waals surface area contributed by atoms with Gasteiger partial charge in [-0.2, -0.15) is 8.42 Å². The highest BCUT2D eigenvalue weighted by Crippen LogP contribution is 2.23. The maximum Gasteiger partial charge on any atom is 0.264 e. The molecule has 2 atom stereocenters. The van der Waals surface area contributed by atoms with E-state index in [1.165, 1.54) is 0 Å². The summed E-state index contributed by atoms with van der Waals surface area (Å²) in [5, 5.41) is 3.55. The molecule has 114 valence electrons. The van der Waals surface area contributed by atoms with Crippen LogP contribution >= 0.6 is 0 Å². The van der Waals surface area contributed by atoms with E-state index < -0.39 is 16.2 Å². The molecule has 1 heterocycles. The molecule has 21 heavy (non-hydrogen) atoms. The summed E-state index contributed by atoms with van der Waals surface area (Å²) < 4.78 is 27.8. The molecule has 1 saturated heterocycles. The molecule has 0 unspecified atom stereocenters. The molecule has 7 nitrogen and oxygen atoms in total. The van der Waals surface area contributed by atoms with Gasteiger partial charge in [0, 0.05) is 37.0 Å². The monoisotopic (exact) mass is 310 g/mol. The van der Waals surface area contributed by atoms with E-state index in [4.69, 9.17) is 9.71 Å². The molecule has 8 heteroatoms. The lowest BCUT2D eigenvalue weighted by molar-refractivity contribution is 0.178. The van der Waals surface area contributed by atoms with Crippen LogP contribution in [0.5, 0.6) is 0 Å². The van der Waals surface area contributed by atoms with Crippen LogP contribution in [0.1, 0.15) is 5.56 Å². The second kappa shape index (κ2) is 6.91. The minimum Gasteiger partial charge on any atom is -0.296 e. The predicted molar refractivity (Wildman–Crippen MR) is 78.9 cm³/mol. The van der Waals surface area contributed by atoms with Gasteiger partial charge in [0.2, 0.25) is 0 Å². The van der Waals surface area contributed by atoms with Gasteiger partial charge in [0.1, 0.15) is 0 Å². The second-order valence-electron chi connectivity index (χ2n) is 5.19. The van der Waals surface area contributed by atoms with Crippen molar-refractivity contribution in [2.24, 2.45) is 11.0 Å². The largest absolute Gasteiger partial charge is 0.296 e. The smallest absolute Gasteiger partial charge is 0.264 e. The Balaban J connectivity index is 2.04. The minimum absolute atomic E-state index is 0.112. The van der Waals surface area contributed by atoms with Crippen molar-refractivity contribution in [1.82, 2.24) is 4.90 Å². The van der Waals surface area contributed by atoms with E-state index in [0.29, 0.717) is 13.1 Å². The van der Waals surface area contributed by atoms with Gasteiger partial charge in [0.25, 0.3) is 10.1 Å². The van der Waals surface area contributed by atoms with Crippen LogP contribution in [0, 0.1) is 5.92 Å². The van der Waals surface area contributed by atoms with Crippen molar-refractivity contribution < 1.29 is 12.6 Å². The summed E-state index contributed by atoms with van der Waals surface area (Å²) in [7, 11) is -3.52. The van der Waals surface area contributed by atoms with Gasteiger partial charge < -0.3 is 0 Å². The van der Waals surface area contributed by atoms with E-state index in [1.807, 2.05) is 30.3 Å². The van der Waals surface area contributed by atoms with Crippen molar-refractivity contribution in [3.8, 4) is 0 Å². The molecular formula is C13H18N4O3S. The van der Waals surface area contributed by atoms with Gasteiger partial charge in [0.05, 0.1) is 12.4 Å². The predicted octanol–water partition coefficient (Wildman–Crippen LogP) is 1.77. The van der Waals surface area contributed by atoms with Crippen LogP contribution in [0.4, 0.5) is 0 Å². The van der Waals surface area contributed by atoms with E-state index in [2.05, 4.69) is 14.9 Å². The van der Waals surface area contributed by atoms with Crippen LogP contribution in [0.25, 0.3) is 10.4 Å². The standard InChI is InChI=1S/C13H18N4O3S/c1-21(18,19)20-13-10-17(9-12(13)7-15-16-14)8-11-5-3-2-4-6-11/h2-6,12-13H,7-10H2,1H3/t12-,13-/m1/s1. The SMILES string of the molecule is CS(=O)(=O)O[C@@H]1CN(Cc2ccccc2)C[C@H]1CN=[N+]=[N-].